The fraction of sp³-hybridized carbons (Fsp3) is 0.389. The smallest absolute Gasteiger partial charge is 0.249 e. The van der Waals surface area contributed by atoms with Crippen molar-refractivity contribution in [1.29, 1.82) is 0 Å². The molecule has 27 heavy (non-hydrogen) atoms. The number of aryl methyl sites for hydroxylation is 1. The molecule has 0 radical (unpaired) electrons. The maximum absolute atomic E-state index is 12.4. The number of nitrogens with zero attached hydrogens (tertiary/aromatic N) is 3. The molecule has 142 valence electrons. The van der Waals surface area contributed by atoms with Crippen LogP contribution < -0.4 is 5.32 Å². The lowest BCUT2D eigenvalue weighted by molar-refractivity contribution is -0.122. The molecular formula is C18H20N4O4S. The number of rotatable bonds is 5. The number of para-hydroxylation sites is 1. The van der Waals surface area contributed by atoms with Crippen molar-refractivity contribution in [2.75, 3.05) is 11.5 Å². The van der Waals surface area contributed by atoms with Crippen LogP contribution in [0.1, 0.15) is 19.2 Å². The molecule has 1 atom stereocenters. The summed E-state index contributed by atoms with van der Waals surface area (Å²) in [6.45, 7) is 2.03. The summed E-state index contributed by atoms with van der Waals surface area (Å²) in [6.07, 6.45) is 2.94. The lowest BCUT2D eigenvalue weighted by atomic mass is 10.2. The molecule has 2 aromatic heterocycles. The predicted octanol–water partition coefficient (Wildman–Crippen LogP) is 1.56. The van der Waals surface area contributed by atoms with Crippen molar-refractivity contribution in [3.63, 3.8) is 0 Å². The Morgan fingerprint density at radius 3 is 2.85 bits per heavy atom. The van der Waals surface area contributed by atoms with Crippen LogP contribution in [0.25, 0.3) is 22.4 Å². The zero-order valence-corrected chi connectivity index (χ0v) is 15.7. The largest absolute Gasteiger partial charge is 0.421 e. The van der Waals surface area contributed by atoms with Gasteiger partial charge in [-0.1, -0.05) is 25.1 Å². The van der Waals surface area contributed by atoms with E-state index in [1.165, 1.54) is 0 Å². The van der Waals surface area contributed by atoms with E-state index in [-0.39, 0.29) is 30.0 Å². The summed E-state index contributed by atoms with van der Waals surface area (Å²) in [4.78, 5) is 12.4. The Kier molecular flexibility index (Phi) is 4.47. The summed E-state index contributed by atoms with van der Waals surface area (Å²) < 4.78 is 30.6. The van der Waals surface area contributed by atoms with Gasteiger partial charge >= 0.3 is 0 Å². The van der Waals surface area contributed by atoms with E-state index in [0.29, 0.717) is 24.6 Å². The molecule has 9 heteroatoms. The Morgan fingerprint density at radius 1 is 1.33 bits per heavy atom. The van der Waals surface area contributed by atoms with Crippen molar-refractivity contribution >= 4 is 26.6 Å². The number of aromatic nitrogens is 3. The lowest BCUT2D eigenvalue weighted by Crippen LogP contribution is -2.37. The molecule has 0 bridgehead atoms. The molecule has 1 aliphatic heterocycles. The molecule has 1 aliphatic rings. The summed E-state index contributed by atoms with van der Waals surface area (Å²) in [5, 5.41) is 11.8. The Hall–Kier alpha value is -2.68. The second-order valence-electron chi connectivity index (χ2n) is 6.71. The van der Waals surface area contributed by atoms with E-state index in [1.54, 1.807) is 0 Å². The standard InChI is InChI=1S/C18H20N4O4S/c1-2-17-20-21-18(26-17)14-9-22(15-6-4-3-5-13(14)15)10-16(23)19-12-7-8-27(24,25)11-12/h3-6,9,12H,2,7-8,10-11H2,1H3,(H,19,23). The highest BCUT2D eigenvalue weighted by molar-refractivity contribution is 7.91. The van der Waals surface area contributed by atoms with Gasteiger partial charge < -0.3 is 14.3 Å². The van der Waals surface area contributed by atoms with Crippen molar-refractivity contribution < 1.29 is 17.6 Å². The van der Waals surface area contributed by atoms with Crippen LogP contribution in [-0.2, 0) is 27.6 Å². The molecule has 4 rings (SSSR count). The van der Waals surface area contributed by atoms with Gasteiger partial charge in [0.15, 0.2) is 9.84 Å². The van der Waals surface area contributed by atoms with Gasteiger partial charge in [-0.05, 0) is 12.5 Å². The van der Waals surface area contributed by atoms with Crippen LogP contribution in [0.5, 0.6) is 0 Å². The minimum Gasteiger partial charge on any atom is -0.421 e. The summed E-state index contributed by atoms with van der Waals surface area (Å²) in [5.41, 5.74) is 1.65. The fourth-order valence-corrected chi connectivity index (χ4v) is 5.06. The Morgan fingerprint density at radius 2 is 2.15 bits per heavy atom. The quantitative estimate of drug-likeness (QED) is 0.711. The molecule has 1 N–H and O–H groups in total. The van der Waals surface area contributed by atoms with E-state index in [2.05, 4.69) is 15.5 Å². The average molecular weight is 388 g/mol. The first-order chi connectivity index (χ1) is 12.9. The van der Waals surface area contributed by atoms with E-state index in [4.69, 9.17) is 4.42 Å². The number of carbonyl (C=O) groups excluding carboxylic acids is 1. The highest BCUT2D eigenvalue weighted by Gasteiger charge is 2.29. The molecule has 0 aliphatic carbocycles. The van der Waals surface area contributed by atoms with E-state index < -0.39 is 9.84 Å². The summed E-state index contributed by atoms with van der Waals surface area (Å²) in [6, 6.07) is 7.36. The predicted molar refractivity (Wildman–Crippen MR) is 99.8 cm³/mol. The van der Waals surface area contributed by atoms with Crippen molar-refractivity contribution in [3.05, 3.63) is 36.4 Å². The molecule has 1 saturated heterocycles. The molecule has 1 aromatic carbocycles. The van der Waals surface area contributed by atoms with Crippen LogP contribution in [0.4, 0.5) is 0 Å². The van der Waals surface area contributed by atoms with Gasteiger partial charge in [-0.15, -0.1) is 10.2 Å². The number of sulfone groups is 1. The number of hydrogen-bond acceptors (Lipinski definition) is 6. The van der Waals surface area contributed by atoms with Crippen molar-refractivity contribution in [1.82, 2.24) is 20.1 Å². The second kappa shape index (κ2) is 6.80. The molecule has 8 nitrogen and oxygen atoms in total. The van der Waals surface area contributed by atoms with Gasteiger partial charge in [-0.25, -0.2) is 8.42 Å². The Bertz CT molecular complexity index is 1100. The number of fused-ring (bicyclic) bond motifs is 1. The van der Waals surface area contributed by atoms with Gasteiger partial charge in [0.1, 0.15) is 6.54 Å². The van der Waals surface area contributed by atoms with Gasteiger partial charge in [0.25, 0.3) is 0 Å². The third-order valence-electron chi connectivity index (χ3n) is 4.70. The van der Waals surface area contributed by atoms with Crippen LogP contribution in [-0.4, -0.2) is 46.6 Å². The van der Waals surface area contributed by atoms with Crippen molar-refractivity contribution in [2.45, 2.75) is 32.4 Å². The Labute approximate surface area is 156 Å². The second-order valence-corrected chi connectivity index (χ2v) is 8.94. The topological polar surface area (TPSA) is 107 Å². The third kappa shape index (κ3) is 3.59. The first-order valence-electron chi connectivity index (χ1n) is 8.85. The van der Waals surface area contributed by atoms with E-state index >= 15 is 0 Å². The van der Waals surface area contributed by atoms with Gasteiger partial charge in [-0.2, -0.15) is 0 Å². The van der Waals surface area contributed by atoms with Crippen LogP contribution >= 0.6 is 0 Å². The van der Waals surface area contributed by atoms with E-state index in [0.717, 1.165) is 16.5 Å². The lowest BCUT2D eigenvalue weighted by Gasteiger charge is -2.11. The third-order valence-corrected chi connectivity index (χ3v) is 6.47. The minimum absolute atomic E-state index is 0.0121. The van der Waals surface area contributed by atoms with Crippen LogP contribution in [0.15, 0.2) is 34.9 Å². The zero-order chi connectivity index (χ0) is 19.0. The molecule has 1 unspecified atom stereocenters. The first-order valence-corrected chi connectivity index (χ1v) is 10.7. The minimum atomic E-state index is -3.03. The number of nitrogens with one attached hydrogen (secondary N) is 1. The average Bonchev–Trinajstić information content (AvgIpc) is 3.32. The van der Waals surface area contributed by atoms with Gasteiger partial charge in [0.2, 0.25) is 17.7 Å². The fourth-order valence-electron chi connectivity index (χ4n) is 3.39. The Balaban J connectivity index is 1.59. The molecule has 1 amide bonds. The van der Waals surface area contributed by atoms with Crippen LogP contribution in [0.3, 0.4) is 0 Å². The molecule has 1 fully saturated rings. The van der Waals surface area contributed by atoms with Crippen molar-refractivity contribution in [3.8, 4) is 11.5 Å². The monoisotopic (exact) mass is 388 g/mol. The van der Waals surface area contributed by atoms with Gasteiger partial charge in [0.05, 0.1) is 17.1 Å². The molecule has 0 spiro atoms. The number of carbonyl (C=O) groups is 1. The van der Waals surface area contributed by atoms with E-state index in [9.17, 15) is 13.2 Å². The maximum atomic E-state index is 12.4. The number of hydrogen-bond donors (Lipinski definition) is 1. The van der Waals surface area contributed by atoms with Crippen LogP contribution in [0.2, 0.25) is 0 Å². The number of amides is 1. The maximum Gasteiger partial charge on any atom is 0.249 e. The SMILES string of the molecule is CCc1nnc(-c2cn(CC(=O)NC3CCS(=O)(=O)C3)c3ccccc23)o1. The molecule has 3 heterocycles. The molecule has 3 aromatic rings. The summed E-state index contributed by atoms with van der Waals surface area (Å²) >= 11 is 0. The van der Waals surface area contributed by atoms with Crippen molar-refractivity contribution in [2.24, 2.45) is 0 Å². The van der Waals surface area contributed by atoms with E-state index in [1.807, 2.05) is 42.0 Å². The highest BCUT2D eigenvalue weighted by atomic mass is 32.2. The first kappa shape index (κ1) is 17.7. The zero-order valence-electron chi connectivity index (χ0n) is 14.9. The van der Waals surface area contributed by atoms with Gasteiger partial charge in [0, 0.05) is 29.6 Å². The molecular weight excluding hydrogens is 368 g/mol. The van der Waals surface area contributed by atoms with Crippen LogP contribution in [0, 0.1) is 0 Å². The van der Waals surface area contributed by atoms with Gasteiger partial charge in [-0.3, -0.25) is 4.79 Å². The normalized spacial score (nSPS) is 18.8. The number of benzene rings is 1. The highest BCUT2D eigenvalue weighted by Crippen LogP contribution is 2.29. The summed E-state index contributed by atoms with van der Waals surface area (Å²) in [5.74, 6) is 0.902. The summed E-state index contributed by atoms with van der Waals surface area (Å²) in [7, 11) is -3.03. The molecule has 0 saturated carbocycles.